The number of anilines is 2. The SMILES string of the molecule is CC(C)(C)c1ccc(S(=O)(=O)Nc2ccc3c(c2)CCCN3C(=O)c2ccccc2)cc1. The highest BCUT2D eigenvalue weighted by molar-refractivity contribution is 7.92. The third-order valence-electron chi connectivity index (χ3n) is 5.75. The van der Waals surface area contributed by atoms with E-state index in [9.17, 15) is 13.2 Å². The fraction of sp³-hybridized carbons (Fsp3) is 0.269. The molecule has 0 aliphatic carbocycles. The van der Waals surface area contributed by atoms with Gasteiger partial charge in [0.05, 0.1) is 4.90 Å². The van der Waals surface area contributed by atoms with Gasteiger partial charge in [-0.15, -0.1) is 0 Å². The van der Waals surface area contributed by atoms with E-state index in [0.717, 1.165) is 29.7 Å². The van der Waals surface area contributed by atoms with Gasteiger partial charge in [0, 0.05) is 23.5 Å². The van der Waals surface area contributed by atoms with Gasteiger partial charge in [0.2, 0.25) is 0 Å². The zero-order valence-electron chi connectivity index (χ0n) is 18.6. The lowest BCUT2D eigenvalue weighted by Gasteiger charge is -2.30. The van der Waals surface area contributed by atoms with Crippen molar-refractivity contribution < 1.29 is 13.2 Å². The van der Waals surface area contributed by atoms with E-state index in [1.54, 1.807) is 23.1 Å². The number of hydrogen-bond donors (Lipinski definition) is 1. The number of nitrogens with zero attached hydrogens (tertiary/aromatic N) is 1. The summed E-state index contributed by atoms with van der Waals surface area (Å²) in [6.07, 6.45) is 1.62. The van der Waals surface area contributed by atoms with Gasteiger partial charge in [0.25, 0.3) is 15.9 Å². The van der Waals surface area contributed by atoms with Gasteiger partial charge < -0.3 is 4.90 Å². The Morgan fingerprint density at radius 3 is 2.28 bits per heavy atom. The van der Waals surface area contributed by atoms with Crippen LogP contribution in [-0.4, -0.2) is 20.9 Å². The predicted molar refractivity (Wildman–Crippen MR) is 129 cm³/mol. The minimum Gasteiger partial charge on any atom is -0.308 e. The molecule has 1 N–H and O–H groups in total. The summed E-state index contributed by atoms with van der Waals surface area (Å²) in [7, 11) is -3.71. The summed E-state index contributed by atoms with van der Waals surface area (Å²) >= 11 is 0. The molecule has 1 aliphatic rings. The van der Waals surface area contributed by atoms with E-state index < -0.39 is 10.0 Å². The summed E-state index contributed by atoms with van der Waals surface area (Å²) in [5.41, 5.74) is 3.97. The van der Waals surface area contributed by atoms with Crippen molar-refractivity contribution in [1.82, 2.24) is 0 Å². The molecule has 1 aliphatic heterocycles. The van der Waals surface area contributed by atoms with Gasteiger partial charge in [0.1, 0.15) is 0 Å². The molecule has 3 aromatic carbocycles. The second-order valence-corrected chi connectivity index (χ2v) is 10.8. The van der Waals surface area contributed by atoms with E-state index >= 15 is 0 Å². The topological polar surface area (TPSA) is 66.5 Å². The van der Waals surface area contributed by atoms with Gasteiger partial charge in [0.15, 0.2) is 0 Å². The van der Waals surface area contributed by atoms with Crippen molar-refractivity contribution in [2.45, 2.75) is 43.9 Å². The van der Waals surface area contributed by atoms with Gasteiger partial charge >= 0.3 is 0 Å². The monoisotopic (exact) mass is 448 g/mol. The normalized spacial score (nSPS) is 14.0. The van der Waals surface area contributed by atoms with Gasteiger partial charge in [-0.3, -0.25) is 9.52 Å². The molecule has 0 saturated heterocycles. The summed E-state index contributed by atoms with van der Waals surface area (Å²) in [6, 6.07) is 21.6. The van der Waals surface area contributed by atoms with Crippen molar-refractivity contribution in [3.05, 3.63) is 89.5 Å². The van der Waals surface area contributed by atoms with Gasteiger partial charge in [-0.1, -0.05) is 51.1 Å². The highest BCUT2D eigenvalue weighted by atomic mass is 32.2. The van der Waals surface area contributed by atoms with Crippen molar-refractivity contribution in [1.29, 1.82) is 0 Å². The van der Waals surface area contributed by atoms with E-state index in [0.29, 0.717) is 17.8 Å². The van der Waals surface area contributed by atoms with Crippen molar-refractivity contribution in [3.8, 4) is 0 Å². The number of rotatable bonds is 4. The molecule has 1 heterocycles. The summed E-state index contributed by atoms with van der Waals surface area (Å²) in [4.78, 5) is 15.0. The average molecular weight is 449 g/mol. The molecular weight excluding hydrogens is 420 g/mol. The molecule has 1 amide bonds. The number of benzene rings is 3. The van der Waals surface area contributed by atoms with Crippen LogP contribution in [0.2, 0.25) is 0 Å². The summed E-state index contributed by atoms with van der Waals surface area (Å²) < 4.78 is 28.5. The Kier molecular flexibility index (Phi) is 5.82. The largest absolute Gasteiger partial charge is 0.308 e. The molecule has 6 heteroatoms. The van der Waals surface area contributed by atoms with Gasteiger partial charge in [-0.2, -0.15) is 0 Å². The molecule has 0 saturated carbocycles. The van der Waals surface area contributed by atoms with Crippen LogP contribution in [0.25, 0.3) is 0 Å². The first-order chi connectivity index (χ1) is 15.1. The lowest BCUT2D eigenvalue weighted by molar-refractivity contribution is 0.0985. The molecule has 0 radical (unpaired) electrons. The first-order valence-electron chi connectivity index (χ1n) is 10.8. The minimum atomic E-state index is -3.71. The Balaban J connectivity index is 1.57. The van der Waals surface area contributed by atoms with Crippen LogP contribution in [-0.2, 0) is 21.9 Å². The third kappa shape index (κ3) is 4.55. The highest BCUT2D eigenvalue weighted by Gasteiger charge is 2.24. The first-order valence-corrected chi connectivity index (χ1v) is 12.3. The number of sulfonamides is 1. The maximum absolute atomic E-state index is 13.0. The van der Waals surface area contributed by atoms with Gasteiger partial charge in [-0.05, 0) is 71.8 Å². The van der Waals surface area contributed by atoms with Crippen LogP contribution in [0.4, 0.5) is 11.4 Å². The molecular formula is C26H28N2O3S. The van der Waals surface area contributed by atoms with Crippen LogP contribution < -0.4 is 9.62 Å². The predicted octanol–water partition coefficient (Wildman–Crippen LogP) is 5.38. The molecule has 0 fully saturated rings. The number of hydrogen-bond acceptors (Lipinski definition) is 3. The van der Waals surface area contributed by atoms with Crippen molar-refractivity contribution in [2.24, 2.45) is 0 Å². The molecule has 0 bridgehead atoms. The van der Waals surface area contributed by atoms with Crippen molar-refractivity contribution in [2.75, 3.05) is 16.2 Å². The summed E-state index contributed by atoms with van der Waals surface area (Å²) in [5.74, 6) is -0.0428. The Labute approximate surface area is 190 Å². The first kappa shape index (κ1) is 22.1. The van der Waals surface area contributed by atoms with Crippen LogP contribution in [0.5, 0.6) is 0 Å². The molecule has 3 aromatic rings. The number of carbonyl (C=O) groups is 1. The summed E-state index contributed by atoms with van der Waals surface area (Å²) in [6.45, 7) is 6.92. The number of fused-ring (bicyclic) bond motifs is 1. The second-order valence-electron chi connectivity index (χ2n) is 9.15. The molecule has 32 heavy (non-hydrogen) atoms. The lowest BCUT2D eigenvalue weighted by atomic mass is 9.87. The minimum absolute atomic E-state index is 0.0428. The Hall–Kier alpha value is -3.12. The van der Waals surface area contributed by atoms with Gasteiger partial charge in [-0.25, -0.2) is 8.42 Å². The Morgan fingerprint density at radius 1 is 0.938 bits per heavy atom. The Bertz CT molecular complexity index is 1230. The molecule has 0 atom stereocenters. The van der Waals surface area contributed by atoms with Crippen molar-refractivity contribution >= 4 is 27.3 Å². The van der Waals surface area contributed by atoms with E-state index in [-0.39, 0.29) is 16.2 Å². The Morgan fingerprint density at radius 2 is 1.62 bits per heavy atom. The number of nitrogens with one attached hydrogen (secondary N) is 1. The van der Waals surface area contributed by atoms with Crippen LogP contribution in [0, 0.1) is 0 Å². The third-order valence-corrected chi connectivity index (χ3v) is 7.14. The zero-order chi connectivity index (χ0) is 22.9. The molecule has 0 spiro atoms. The molecule has 5 nitrogen and oxygen atoms in total. The highest BCUT2D eigenvalue weighted by Crippen LogP contribution is 2.32. The van der Waals surface area contributed by atoms with Crippen LogP contribution in [0.1, 0.15) is 48.7 Å². The quantitative estimate of drug-likeness (QED) is 0.583. The fourth-order valence-corrected chi connectivity index (χ4v) is 5.01. The smallest absolute Gasteiger partial charge is 0.261 e. The van der Waals surface area contributed by atoms with Crippen LogP contribution >= 0.6 is 0 Å². The molecule has 0 unspecified atom stereocenters. The van der Waals surface area contributed by atoms with E-state index in [1.165, 1.54) is 0 Å². The maximum atomic E-state index is 13.0. The van der Waals surface area contributed by atoms with E-state index in [1.807, 2.05) is 54.6 Å². The van der Waals surface area contributed by atoms with E-state index in [4.69, 9.17) is 0 Å². The maximum Gasteiger partial charge on any atom is 0.261 e. The number of aryl methyl sites for hydroxylation is 1. The van der Waals surface area contributed by atoms with Crippen molar-refractivity contribution in [3.63, 3.8) is 0 Å². The standard InChI is InChI=1S/C26H28N2O3S/c1-26(2,3)21-11-14-23(15-12-21)32(30,31)27-22-13-16-24-20(18-22)10-7-17-28(24)25(29)19-8-5-4-6-9-19/h4-6,8-9,11-16,18,27H,7,10,17H2,1-3H3. The van der Waals surface area contributed by atoms with E-state index in [2.05, 4.69) is 25.5 Å². The number of amides is 1. The molecule has 166 valence electrons. The second kappa shape index (κ2) is 8.43. The molecule has 4 rings (SSSR count). The average Bonchev–Trinajstić information content (AvgIpc) is 2.78. The zero-order valence-corrected chi connectivity index (χ0v) is 19.4. The van der Waals surface area contributed by atoms with Crippen LogP contribution in [0.3, 0.4) is 0 Å². The lowest BCUT2D eigenvalue weighted by Crippen LogP contribution is -2.35. The molecule has 0 aromatic heterocycles. The van der Waals surface area contributed by atoms with Crippen LogP contribution in [0.15, 0.2) is 77.7 Å². The fourth-order valence-electron chi connectivity index (χ4n) is 3.96. The number of carbonyl (C=O) groups excluding carboxylic acids is 1. The summed E-state index contributed by atoms with van der Waals surface area (Å²) in [5, 5.41) is 0.